The first-order valence-electron chi connectivity index (χ1n) is 8.59. The van der Waals surface area contributed by atoms with Gasteiger partial charge in [0.1, 0.15) is 11.7 Å². The van der Waals surface area contributed by atoms with E-state index >= 15 is 0 Å². The second-order valence-electron chi connectivity index (χ2n) is 6.98. The minimum Gasteiger partial charge on any atom is -0.218 e. The van der Waals surface area contributed by atoms with Gasteiger partial charge in [-0.05, 0) is 13.5 Å². The number of nitrogens with zero attached hydrogens (tertiary/aromatic N) is 8. The van der Waals surface area contributed by atoms with Gasteiger partial charge in [-0.2, -0.15) is 9.15 Å². The fourth-order valence-electron chi connectivity index (χ4n) is 4.94. The van der Waals surface area contributed by atoms with Crippen molar-refractivity contribution in [3.63, 3.8) is 0 Å². The molecular weight excluding hydrogens is 316 g/mol. The van der Waals surface area contributed by atoms with Crippen LogP contribution >= 0.6 is 0 Å². The number of rotatable bonds is 0. The van der Waals surface area contributed by atoms with Gasteiger partial charge in [-0.25, -0.2) is 14.8 Å². The minimum absolute atomic E-state index is 0.648. The lowest BCUT2D eigenvalue weighted by Gasteiger charge is -2.52. The highest BCUT2D eigenvalue weighted by molar-refractivity contribution is 6.11. The predicted octanol–water partition coefficient (Wildman–Crippen LogP) is 1.24. The van der Waals surface area contributed by atoms with Crippen molar-refractivity contribution < 1.29 is 9.15 Å². The predicted molar refractivity (Wildman–Crippen MR) is 94.8 cm³/mol. The molecule has 0 aromatic heterocycles. The molecule has 8 nitrogen and oxygen atoms in total. The molecule has 0 aliphatic carbocycles. The van der Waals surface area contributed by atoms with Crippen molar-refractivity contribution in [2.24, 2.45) is 20.0 Å². The van der Waals surface area contributed by atoms with Gasteiger partial charge in [0, 0.05) is 32.6 Å². The summed E-state index contributed by atoms with van der Waals surface area (Å²) in [6.45, 7) is 12.5. The van der Waals surface area contributed by atoms with E-state index < -0.39 is 5.91 Å². The molecule has 1 spiro atoms. The standard InChI is InChI=1S/C17H18N8/c1-9-18-10(2)23-12(4)20-14-6-8-16-21-15-7-5-13-19-11(3)22(9)17(23,24(13)15)25(14)16/h1,3,5-8H2,2,4H3/q+2/t17-/m0/s1. The van der Waals surface area contributed by atoms with Crippen LogP contribution in [-0.2, 0) is 0 Å². The first-order valence-corrected chi connectivity index (χ1v) is 8.59. The Hall–Kier alpha value is -2.90. The smallest absolute Gasteiger partial charge is 0.218 e. The van der Waals surface area contributed by atoms with E-state index in [1.807, 2.05) is 18.7 Å². The maximum Gasteiger partial charge on any atom is 0.400 e. The van der Waals surface area contributed by atoms with E-state index in [9.17, 15) is 0 Å². The second kappa shape index (κ2) is 3.84. The lowest BCUT2D eigenvalue weighted by atomic mass is 10.2. The van der Waals surface area contributed by atoms with Crippen molar-refractivity contribution in [2.45, 2.75) is 45.4 Å². The van der Waals surface area contributed by atoms with Gasteiger partial charge in [0.05, 0.1) is 0 Å². The van der Waals surface area contributed by atoms with Crippen LogP contribution in [0.15, 0.2) is 44.8 Å². The van der Waals surface area contributed by atoms with E-state index in [1.54, 1.807) is 0 Å². The summed E-state index contributed by atoms with van der Waals surface area (Å²) in [6, 6.07) is 0. The SMILES string of the molecule is C=C1N=C(C)N2C(C)=NC3=[N+]4C(=NC5=[N+]6C(=NC(=C)N1[C@@]246)CC5)CC3. The van der Waals surface area contributed by atoms with E-state index in [1.165, 1.54) is 0 Å². The van der Waals surface area contributed by atoms with Gasteiger partial charge in [0.15, 0.2) is 5.84 Å². The van der Waals surface area contributed by atoms with Crippen molar-refractivity contribution >= 4 is 35.0 Å². The average molecular weight is 334 g/mol. The fourth-order valence-corrected chi connectivity index (χ4v) is 4.94. The number of hydrogen-bond donors (Lipinski definition) is 0. The molecule has 6 aliphatic heterocycles. The van der Waals surface area contributed by atoms with Crippen LogP contribution in [0.5, 0.6) is 0 Å². The molecule has 124 valence electrons. The van der Waals surface area contributed by atoms with E-state index in [2.05, 4.69) is 32.2 Å². The molecule has 0 saturated heterocycles. The summed E-state index contributed by atoms with van der Waals surface area (Å²) in [5.41, 5.74) is 0. The average Bonchev–Trinajstić information content (AvgIpc) is 3.12. The van der Waals surface area contributed by atoms with Crippen molar-refractivity contribution in [3.8, 4) is 0 Å². The third kappa shape index (κ3) is 1.23. The molecule has 1 atom stereocenters. The minimum atomic E-state index is -0.683. The summed E-state index contributed by atoms with van der Waals surface area (Å²) >= 11 is 0. The summed E-state index contributed by atoms with van der Waals surface area (Å²) in [7, 11) is 0. The molecule has 0 radical (unpaired) electrons. The van der Waals surface area contributed by atoms with Crippen LogP contribution in [0, 0.1) is 0 Å². The van der Waals surface area contributed by atoms with Gasteiger partial charge in [-0.3, -0.25) is 0 Å². The van der Waals surface area contributed by atoms with Crippen LogP contribution in [0.2, 0.25) is 0 Å². The van der Waals surface area contributed by atoms with Gasteiger partial charge >= 0.3 is 5.91 Å². The summed E-state index contributed by atoms with van der Waals surface area (Å²) < 4.78 is 4.50. The zero-order valence-corrected chi connectivity index (χ0v) is 14.3. The molecule has 6 rings (SSSR count). The topological polar surface area (TPSA) is 61.9 Å². The van der Waals surface area contributed by atoms with Crippen molar-refractivity contribution in [1.82, 2.24) is 9.80 Å². The first-order chi connectivity index (χ1) is 12.0. The Kier molecular flexibility index (Phi) is 2.06. The fraction of sp³-hybridized carbons (Fsp3) is 0.412. The number of amidine groups is 6. The molecule has 6 heterocycles. The molecule has 0 unspecified atom stereocenters. The highest BCUT2D eigenvalue weighted by Crippen LogP contribution is 2.45. The third-order valence-corrected chi connectivity index (χ3v) is 5.64. The first kappa shape index (κ1) is 13.4. The molecule has 25 heavy (non-hydrogen) atoms. The molecule has 8 heteroatoms. The zero-order valence-electron chi connectivity index (χ0n) is 14.3. The highest BCUT2D eigenvalue weighted by atomic mass is 15.8. The van der Waals surface area contributed by atoms with E-state index in [0.29, 0.717) is 11.6 Å². The lowest BCUT2D eigenvalue weighted by molar-refractivity contribution is -0.796. The van der Waals surface area contributed by atoms with E-state index in [0.717, 1.165) is 60.7 Å². The van der Waals surface area contributed by atoms with Crippen LogP contribution in [0.4, 0.5) is 0 Å². The molecule has 0 fully saturated rings. The van der Waals surface area contributed by atoms with Crippen molar-refractivity contribution in [1.29, 1.82) is 0 Å². The van der Waals surface area contributed by atoms with Gasteiger partial charge in [-0.1, -0.05) is 21.6 Å². The van der Waals surface area contributed by atoms with Crippen molar-refractivity contribution in [3.05, 3.63) is 24.8 Å². The number of hydrogen-bond acceptors (Lipinski definition) is 6. The largest absolute Gasteiger partial charge is 0.400 e. The van der Waals surface area contributed by atoms with E-state index in [-0.39, 0.29) is 0 Å². The van der Waals surface area contributed by atoms with Crippen LogP contribution in [0.1, 0.15) is 39.5 Å². The quantitative estimate of drug-likeness (QED) is 0.626. The summed E-state index contributed by atoms with van der Waals surface area (Å²) in [6.07, 6.45) is 3.55. The Bertz CT molecular complexity index is 1020. The molecule has 0 amide bonds. The zero-order chi connectivity index (χ0) is 17.1. The second-order valence-corrected chi connectivity index (χ2v) is 6.98. The molecule has 0 saturated carbocycles. The van der Waals surface area contributed by atoms with Crippen LogP contribution in [0.3, 0.4) is 0 Å². The summed E-state index contributed by atoms with van der Waals surface area (Å²) in [5.74, 6) is 6.60. The van der Waals surface area contributed by atoms with Gasteiger partial charge < -0.3 is 0 Å². The van der Waals surface area contributed by atoms with E-state index in [4.69, 9.17) is 15.0 Å². The maximum atomic E-state index is 4.95. The normalized spacial score (nSPS) is 31.8. The Labute approximate surface area is 144 Å². The molecule has 0 N–H and O–H groups in total. The highest BCUT2D eigenvalue weighted by Gasteiger charge is 2.71. The van der Waals surface area contributed by atoms with Crippen LogP contribution in [-0.4, -0.2) is 59.9 Å². The maximum absolute atomic E-state index is 4.95. The Balaban J connectivity index is 1.83. The summed E-state index contributed by atoms with van der Waals surface area (Å²) in [4.78, 5) is 23.5. The third-order valence-electron chi connectivity index (χ3n) is 5.64. The Morgan fingerprint density at radius 3 is 2.04 bits per heavy atom. The van der Waals surface area contributed by atoms with Gasteiger partial charge in [-0.15, -0.1) is 0 Å². The monoisotopic (exact) mass is 334 g/mol. The van der Waals surface area contributed by atoms with Gasteiger partial charge in [0.25, 0.3) is 0 Å². The molecule has 6 aliphatic rings. The van der Waals surface area contributed by atoms with Crippen LogP contribution < -0.4 is 0 Å². The van der Waals surface area contributed by atoms with Crippen LogP contribution in [0.25, 0.3) is 0 Å². The lowest BCUT2D eigenvalue weighted by Crippen LogP contribution is -2.80. The van der Waals surface area contributed by atoms with Crippen molar-refractivity contribution in [2.75, 3.05) is 0 Å². The Morgan fingerprint density at radius 1 is 0.760 bits per heavy atom. The number of aliphatic imine (C=N–C) groups is 4. The molecular formula is C17H18N8+2. The molecule has 0 aromatic carbocycles. The Morgan fingerprint density at radius 2 is 1.32 bits per heavy atom. The van der Waals surface area contributed by atoms with Gasteiger partial charge in [0.2, 0.25) is 29.2 Å². The molecule has 0 aromatic rings. The summed E-state index contributed by atoms with van der Waals surface area (Å²) in [5, 5.41) is 0. The molecule has 0 bridgehead atoms.